The first-order valence-corrected chi connectivity index (χ1v) is 8.38. The van der Waals surface area contributed by atoms with E-state index in [2.05, 4.69) is 5.10 Å². The largest absolute Gasteiger partial charge is 0.375 e. The zero-order valence-corrected chi connectivity index (χ0v) is 12.6. The fourth-order valence-electron chi connectivity index (χ4n) is 1.86. The third-order valence-electron chi connectivity index (χ3n) is 2.75. The third kappa shape index (κ3) is 3.82. The molecule has 20 heavy (non-hydrogen) atoms. The molecule has 0 spiro atoms. The van der Waals surface area contributed by atoms with Crippen LogP contribution in [-0.4, -0.2) is 24.8 Å². The van der Waals surface area contributed by atoms with E-state index in [0.29, 0.717) is 25.3 Å². The molecule has 0 radical (unpaired) electrons. The topological polar surface area (TPSA) is 61.2 Å². The number of rotatable bonds is 6. The smallest absolute Gasteiger partial charge is 0.278 e. The van der Waals surface area contributed by atoms with Crippen molar-refractivity contribution in [3.05, 3.63) is 47.7 Å². The van der Waals surface area contributed by atoms with E-state index in [9.17, 15) is 8.42 Å². The molecule has 0 amide bonds. The molecule has 0 N–H and O–H groups in total. The van der Waals surface area contributed by atoms with Crippen molar-refractivity contribution in [3.63, 3.8) is 0 Å². The number of halogens is 1. The van der Waals surface area contributed by atoms with Crippen LogP contribution in [0.4, 0.5) is 0 Å². The molecule has 1 aromatic heterocycles. The third-order valence-corrected chi connectivity index (χ3v) is 4.19. The van der Waals surface area contributed by atoms with Crippen molar-refractivity contribution in [2.45, 2.75) is 25.1 Å². The van der Waals surface area contributed by atoms with Gasteiger partial charge in [0.25, 0.3) is 9.05 Å². The van der Waals surface area contributed by atoms with Gasteiger partial charge in [0.15, 0.2) is 5.03 Å². The van der Waals surface area contributed by atoms with Gasteiger partial charge in [-0.15, -0.1) is 0 Å². The first kappa shape index (κ1) is 15.0. The molecular weight excluding hydrogens is 300 g/mol. The van der Waals surface area contributed by atoms with Crippen molar-refractivity contribution in [2.24, 2.45) is 0 Å². The molecule has 7 heteroatoms. The second-order valence-corrected chi connectivity index (χ2v) is 6.81. The Kier molecular flexibility index (Phi) is 4.80. The van der Waals surface area contributed by atoms with Gasteiger partial charge in [-0.2, -0.15) is 5.10 Å². The monoisotopic (exact) mass is 314 g/mol. The van der Waals surface area contributed by atoms with Gasteiger partial charge < -0.3 is 4.74 Å². The molecule has 0 saturated carbocycles. The lowest BCUT2D eigenvalue weighted by atomic mass is 10.2. The van der Waals surface area contributed by atoms with E-state index in [0.717, 1.165) is 5.56 Å². The standard InChI is InChI=1S/C13H15ClN2O3S/c1-11-9-15-16(13(11)20(14,17)18)7-8-19-10-12-5-3-2-4-6-12/h2-6,9H,7-8,10H2,1H3. The fourth-order valence-corrected chi connectivity index (χ4v) is 3.29. The van der Waals surface area contributed by atoms with E-state index in [1.54, 1.807) is 6.92 Å². The minimum atomic E-state index is -3.79. The first-order valence-electron chi connectivity index (χ1n) is 6.07. The van der Waals surface area contributed by atoms with Crippen molar-refractivity contribution in [1.82, 2.24) is 9.78 Å². The summed E-state index contributed by atoms with van der Waals surface area (Å²) in [7, 11) is 1.60. The highest BCUT2D eigenvalue weighted by Crippen LogP contribution is 2.18. The average molecular weight is 315 g/mol. The van der Waals surface area contributed by atoms with Gasteiger partial charge in [-0.05, 0) is 12.5 Å². The molecule has 0 aliphatic heterocycles. The number of hydrogen-bond donors (Lipinski definition) is 0. The van der Waals surface area contributed by atoms with E-state index in [1.165, 1.54) is 10.9 Å². The summed E-state index contributed by atoms with van der Waals surface area (Å²) in [5.41, 5.74) is 1.59. The summed E-state index contributed by atoms with van der Waals surface area (Å²) in [4.78, 5) is 0. The summed E-state index contributed by atoms with van der Waals surface area (Å²) in [5.74, 6) is 0. The van der Waals surface area contributed by atoms with Crippen LogP contribution in [0, 0.1) is 6.92 Å². The highest BCUT2D eigenvalue weighted by Gasteiger charge is 2.19. The quantitative estimate of drug-likeness (QED) is 0.606. The highest BCUT2D eigenvalue weighted by atomic mass is 35.7. The molecule has 0 atom stereocenters. The van der Waals surface area contributed by atoms with Gasteiger partial charge in [0.1, 0.15) is 0 Å². The van der Waals surface area contributed by atoms with E-state index < -0.39 is 9.05 Å². The summed E-state index contributed by atoms with van der Waals surface area (Å²) in [6, 6.07) is 9.74. The Morgan fingerprint density at radius 1 is 1.30 bits per heavy atom. The SMILES string of the molecule is Cc1cnn(CCOCc2ccccc2)c1S(=O)(=O)Cl. The average Bonchev–Trinajstić information content (AvgIpc) is 2.77. The van der Waals surface area contributed by atoms with Crippen LogP contribution in [0.3, 0.4) is 0 Å². The van der Waals surface area contributed by atoms with Crippen LogP contribution in [0.2, 0.25) is 0 Å². The number of aromatic nitrogens is 2. The predicted molar refractivity (Wildman–Crippen MR) is 76.1 cm³/mol. The minimum Gasteiger partial charge on any atom is -0.375 e. The molecule has 0 unspecified atom stereocenters. The van der Waals surface area contributed by atoms with Gasteiger partial charge in [-0.25, -0.2) is 8.42 Å². The zero-order chi connectivity index (χ0) is 14.6. The summed E-state index contributed by atoms with van der Waals surface area (Å²) in [5, 5.41) is 4.03. The van der Waals surface area contributed by atoms with Crippen LogP contribution in [0.5, 0.6) is 0 Å². The Labute approximate surface area is 122 Å². The highest BCUT2D eigenvalue weighted by molar-refractivity contribution is 8.13. The summed E-state index contributed by atoms with van der Waals surface area (Å²) < 4.78 is 29.8. The molecule has 2 aromatic rings. The molecule has 5 nitrogen and oxygen atoms in total. The maximum atomic E-state index is 11.5. The van der Waals surface area contributed by atoms with Crippen molar-refractivity contribution >= 4 is 19.7 Å². The Morgan fingerprint density at radius 3 is 2.65 bits per heavy atom. The van der Waals surface area contributed by atoms with Crippen molar-refractivity contribution in [2.75, 3.05) is 6.61 Å². The molecule has 1 heterocycles. The molecular formula is C13H15ClN2O3S. The lowest BCUT2D eigenvalue weighted by Gasteiger charge is -2.07. The lowest BCUT2D eigenvalue weighted by molar-refractivity contribution is 0.109. The van der Waals surface area contributed by atoms with Crippen LogP contribution in [0.25, 0.3) is 0 Å². The Morgan fingerprint density at radius 2 is 2.00 bits per heavy atom. The van der Waals surface area contributed by atoms with Crippen LogP contribution in [-0.2, 0) is 26.9 Å². The Balaban J connectivity index is 1.92. The van der Waals surface area contributed by atoms with Crippen LogP contribution in [0.1, 0.15) is 11.1 Å². The number of hydrogen-bond acceptors (Lipinski definition) is 4. The molecule has 2 rings (SSSR count). The molecule has 0 saturated heterocycles. The number of ether oxygens (including phenoxy) is 1. The second kappa shape index (κ2) is 6.39. The number of nitrogens with zero attached hydrogens (tertiary/aromatic N) is 2. The van der Waals surface area contributed by atoms with E-state index in [4.69, 9.17) is 15.4 Å². The van der Waals surface area contributed by atoms with E-state index >= 15 is 0 Å². The summed E-state index contributed by atoms with van der Waals surface area (Å²) >= 11 is 0. The Bertz CT molecular complexity index is 668. The van der Waals surface area contributed by atoms with Crippen LogP contribution >= 0.6 is 10.7 Å². The van der Waals surface area contributed by atoms with E-state index in [-0.39, 0.29) is 5.03 Å². The van der Waals surface area contributed by atoms with Crippen molar-refractivity contribution in [1.29, 1.82) is 0 Å². The van der Waals surface area contributed by atoms with Gasteiger partial charge in [0.2, 0.25) is 0 Å². The molecule has 0 fully saturated rings. The lowest BCUT2D eigenvalue weighted by Crippen LogP contribution is -2.12. The summed E-state index contributed by atoms with van der Waals surface area (Å²) in [6.45, 7) is 2.82. The van der Waals surface area contributed by atoms with E-state index in [1.807, 2.05) is 30.3 Å². The molecule has 0 bridgehead atoms. The summed E-state index contributed by atoms with van der Waals surface area (Å²) in [6.07, 6.45) is 1.48. The first-order chi connectivity index (χ1) is 9.48. The molecule has 1 aromatic carbocycles. The predicted octanol–water partition coefficient (Wildman–Crippen LogP) is 2.34. The van der Waals surface area contributed by atoms with Gasteiger partial charge in [0, 0.05) is 16.2 Å². The van der Waals surface area contributed by atoms with Crippen LogP contribution < -0.4 is 0 Å². The Hall–Kier alpha value is -1.37. The van der Waals surface area contributed by atoms with Crippen molar-refractivity contribution < 1.29 is 13.2 Å². The second-order valence-electron chi connectivity index (χ2n) is 4.33. The molecule has 108 valence electrons. The number of benzene rings is 1. The zero-order valence-electron chi connectivity index (χ0n) is 11.0. The maximum Gasteiger partial charge on any atom is 0.278 e. The van der Waals surface area contributed by atoms with Crippen LogP contribution in [0.15, 0.2) is 41.6 Å². The van der Waals surface area contributed by atoms with Gasteiger partial charge in [-0.3, -0.25) is 4.68 Å². The minimum absolute atomic E-state index is 0.0301. The van der Waals surface area contributed by atoms with Gasteiger partial charge in [-0.1, -0.05) is 30.3 Å². The molecule has 0 aliphatic rings. The molecule has 0 aliphatic carbocycles. The van der Waals surface area contributed by atoms with Gasteiger partial charge in [0.05, 0.1) is 26.0 Å². The fraction of sp³-hybridized carbons (Fsp3) is 0.308. The normalized spacial score (nSPS) is 11.7. The number of aryl methyl sites for hydroxylation is 1. The van der Waals surface area contributed by atoms with Crippen molar-refractivity contribution in [3.8, 4) is 0 Å². The van der Waals surface area contributed by atoms with Gasteiger partial charge >= 0.3 is 0 Å². The maximum absolute atomic E-state index is 11.5.